The molecule has 1 amide bonds. The molecule has 0 unspecified atom stereocenters. The molecule has 1 saturated heterocycles. The van der Waals surface area contributed by atoms with Crippen molar-refractivity contribution in [2.24, 2.45) is 0 Å². The van der Waals surface area contributed by atoms with Gasteiger partial charge in [-0.15, -0.1) is 0 Å². The van der Waals surface area contributed by atoms with Gasteiger partial charge in [0.1, 0.15) is 4.99 Å². The van der Waals surface area contributed by atoms with E-state index in [1.165, 1.54) is 0 Å². The zero-order valence-electron chi connectivity index (χ0n) is 18.8. The highest BCUT2D eigenvalue weighted by Crippen LogP contribution is 2.30. The van der Waals surface area contributed by atoms with Crippen molar-refractivity contribution in [3.63, 3.8) is 0 Å². The van der Waals surface area contributed by atoms with Crippen LogP contribution in [-0.2, 0) is 9.53 Å². The molecule has 3 rings (SSSR count). The van der Waals surface area contributed by atoms with Crippen LogP contribution in [0.5, 0.6) is 11.5 Å². The topological polar surface area (TPSA) is 60.0 Å². The number of amides is 1. The molecular formula is C24H29BrN2O4S. The second kappa shape index (κ2) is 11.1. The van der Waals surface area contributed by atoms with E-state index in [0.717, 1.165) is 39.4 Å². The number of thiocarbonyl (C=S) groups is 1. The Morgan fingerprint density at radius 3 is 2.53 bits per heavy atom. The average Bonchev–Trinajstić information content (AvgIpc) is 2.74. The quantitative estimate of drug-likeness (QED) is 0.520. The molecule has 0 spiro atoms. The standard InChI is InChI=1S/C24H29BrN2O4S/c1-5-29-22-11-18(24(32)27-12-16(3)31-17(4)13-27)6-9-21(22)30-14-23(28)26-19-7-8-20(25)15(2)10-19/h6-11,16-17H,5,12-14H2,1-4H3,(H,26,28)/t16-,17+. The Morgan fingerprint density at radius 1 is 1.16 bits per heavy atom. The van der Waals surface area contributed by atoms with Gasteiger partial charge in [-0.3, -0.25) is 4.79 Å². The van der Waals surface area contributed by atoms with Crippen LogP contribution in [0.25, 0.3) is 0 Å². The van der Waals surface area contributed by atoms with E-state index in [1.807, 2.05) is 44.2 Å². The minimum Gasteiger partial charge on any atom is -0.490 e. The number of aryl methyl sites for hydroxylation is 1. The Kier molecular flexibility index (Phi) is 8.51. The Bertz CT molecular complexity index is 974. The lowest BCUT2D eigenvalue weighted by Crippen LogP contribution is -2.47. The summed E-state index contributed by atoms with van der Waals surface area (Å²) in [5.41, 5.74) is 2.64. The maximum atomic E-state index is 12.4. The number of rotatable bonds is 7. The van der Waals surface area contributed by atoms with Gasteiger partial charge in [-0.25, -0.2) is 0 Å². The number of ether oxygens (including phenoxy) is 3. The summed E-state index contributed by atoms with van der Waals surface area (Å²) in [4.78, 5) is 15.3. The van der Waals surface area contributed by atoms with Crippen molar-refractivity contribution in [2.45, 2.75) is 39.9 Å². The van der Waals surface area contributed by atoms with Crippen LogP contribution in [-0.4, -0.2) is 54.3 Å². The number of carbonyl (C=O) groups excluding carboxylic acids is 1. The Balaban J connectivity index is 1.66. The van der Waals surface area contributed by atoms with Crippen molar-refractivity contribution in [3.05, 3.63) is 52.0 Å². The molecule has 2 aromatic rings. The number of nitrogens with zero attached hydrogens (tertiary/aromatic N) is 1. The van der Waals surface area contributed by atoms with E-state index in [0.29, 0.717) is 18.1 Å². The van der Waals surface area contributed by atoms with Gasteiger partial charge in [-0.1, -0.05) is 28.1 Å². The van der Waals surface area contributed by atoms with Gasteiger partial charge in [0.15, 0.2) is 18.1 Å². The summed E-state index contributed by atoms with van der Waals surface area (Å²) in [7, 11) is 0. The maximum Gasteiger partial charge on any atom is 0.262 e. The smallest absolute Gasteiger partial charge is 0.262 e. The molecule has 2 aromatic carbocycles. The van der Waals surface area contributed by atoms with E-state index >= 15 is 0 Å². The van der Waals surface area contributed by atoms with E-state index in [-0.39, 0.29) is 24.7 Å². The van der Waals surface area contributed by atoms with E-state index in [1.54, 1.807) is 6.07 Å². The summed E-state index contributed by atoms with van der Waals surface area (Å²) in [6, 6.07) is 11.2. The first-order chi connectivity index (χ1) is 15.3. The minimum absolute atomic E-state index is 0.124. The summed E-state index contributed by atoms with van der Waals surface area (Å²) >= 11 is 9.20. The van der Waals surface area contributed by atoms with Crippen molar-refractivity contribution in [2.75, 3.05) is 31.6 Å². The van der Waals surface area contributed by atoms with Crippen molar-refractivity contribution < 1.29 is 19.0 Å². The lowest BCUT2D eigenvalue weighted by atomic mass is 10.1. The molecule has 0 aliphatic carbocycles. The van der Waals surface area contributed by atoms with Crippen LogP contribution in [0.2, 0.25) is 0 Å². The lowest BCUT2D eigenvalue weighted by molar-refractivity contribution is -0.118. The van der Waals surface area contributed by atoms with Gasteiger partial charge >= 0.3 is 0 Å². The first-order valence-corrected chi connectivity index (χ1v) is 11.9. The molecule has 6 nitrogen and oxygen atoms in total. The number of anilines is 1. The number of nitrogens with one attached hydrogen (secondary N) is 1. The average molecular weight is 521 g/mol. The molecule has 2 atom stereocenters. The fourth-order valence-corrected chi connectivity index (χ4v) is 4.14. The van der Waals surface area contributed by atoms with Gasteiger partial charge in [0.2, 0.25) is 0 Å². The molecule has 0 saturated carbocycles. The molecule has 0 bridgehead atoms. The molecule has 1 heterocycles. The Hall–Kier alpha value is -2.16. The number of hydrogen-bond acceptors (Lipinski definition) is 5. The third kappa shape index (κ3) is 6.43. The molecule has 0 radical (unpaired) electrons. The van der Waals surface area contributed by atoms with Crippen molar-refractivity contribution in [1.82, 2.24) is 4.90 Å². The maximum absolute atomic E-state index is 12.4. The molecular weight excluding hydrogens is 492 g/mol. The van der Waals surface area contributed by atoms with E-state index < -0.39 is 0 Å². The van der Waals surface area contributed by atoms with Gasteiger partial charge in [0, 0.05) is 28.8 Å². The predicted octanol–water partition coefficient (Wildman–Crippen LogP) is 4.96. The molecule has 8 heteroatoms. The van der Waals surface area contributed by atoms with Crippen molar-refractivity contribution in [3.8, 4) is 11.5 Å². The highest BCUT2D eigenvalue weighted by Gasteiger charge is 2.25. The minimum atomic E-state index is -0.245. The zero-order chi connectivity index (χ0) is 23.3. The number of hydrogen-bond donors (Lipinski definition) is 1. The van der Waals surface area contributed by atoms with Gasteiger partial charge in [-0.2, -0.15) is 0 Å². The fraction of sp³-hybridized carbons (Fsp3) is 0.417. The summed E-state index contributed by atoms with van der Waals surface area (Å²) in [5, 5.41) is 2.85. The van der Waals surface area contributed by atoms with E-state index in [4.69, 9.17) is 26.4 Å². The van der Waals surface area contributed by atoms with Crippen LogP contribution in [0, 0.1) is 6.92 Å². The van der Waals surface area contributed by atoms with Crippen LogP contribution < -0.4 is 14.8 Å². The predicted molar refractivity (Wildman–Crippen MR) is 134 cm³/mol. The van der Waals surface area contributed by atoms with Crippen molar-refractivity contribution >= 4 is 44.7 Å². The summed E-state index contributed by atoms with van der Waals surface area (Å²) < 4.78 is 18.3. The number of morpholine rings is 1. The van der Waals surface area contributed by atoms with Crippen molar-refractivity contribution in [1.29, 1.82) is 0 Å². The number of benzene rings is 2. The summed E-state index contributed by atoms with van der Waals surface area (Å²) in [5.74, 6) is 0.823. The monoisotopic (exact) mass is 520 g/mol. The van der Waals surface area contributed by atoms with Crippen LogP contribution in [0.3, 0.4) is 0 Å². The molecule has 1 aliphatic heterocycles. The van der Waals surface area contributed by atoms with Crippen LogP contribution in [0.1, 0.15) is 31.9 Å². The molecule has 1 fully saturated rings. The highest BCUT2D eigenvalue weighted by atomic mass is 79.9. The normalized spacial score (nSPS) is 18.2. The Morgan fingerprint density at radius 2 is 1.88 bits per heavy atom. The molecule has 0 aromatic heterocycles. The first-order valence-electron chi connectivity index (χ1n) is 10.7. The van der Waals surface area contributed by atoms with Gasteiger partial charge in [-0.05, 0) is 69.7 Å². The van der Waals surface area contributed by atoms with E-state index in [2.05, 4.69) is 40.0 Å². The van der Waals surface area contributed by atoms with E-state index in [9.17, 15) is 4.79 Å². The molecule has 1 aliphatic rings. The van der Waals surface area contributed by atoms with Crippen LogP contribution in [0.4, 0.5) is 5.69 Å². The van der Waals surface area contributed by atoms with Gasteiger partial charge in [0.05, 0.1) is 18.8 Å². The number of halogens is 1. The summed E-state index contributed by atoms with van der Waals surface area (Å²) in [6.45, 7) is 9.82. The third-order valence-electron chi connectivity index (χ3n) is 5.00. The SMILES string of the molecule is CCOc1cc(C(=S)N2C[C@@H](C)O[C@@H](C)C2)ccc1OCC(=O)Nc1ccc(Br)c(C)c1. The van der Waals surface area contributed by atoms with Crippen LogP contribution >= 0.6 is 28.1 Å². The molecule has 32 heavy (non-hydrogen) atoms. The Labute approximate surface area is 203 Å². The lowest BCUT2D eigenvalue weighted by Gasteiger charge is -2.37. The largest absolute Gasteiger partial charge is 0.490 e. The highest BCUT2D eigenvalue weighted by molar-refractivity contribution is 9.10. The van der Waals surface area contributed by atoms with Gasteiger partial charge in [0.25, 0.3) is 5.91 Å². The second-order valence-corrected chi connectivity index (χ2v) is 9.10. The van der Waals surface area contributed by atoms with Crippen LogP contribution in [0.15, 0.2) is 40.9 Å². The second-order valence-electron chi connectivity index (χ2n) is 7.86. The summed E-state index contributed by atoms with van der Waals surface area (Å²) in [6.07, 6.45) is 0.248. The number of carbonyl (C=O) groups is 1. The molecule has 1 N–H and O–H groups in total. The van der Waals surface area contributed by atoms with Gasteiger partial charge < -0.3 is 24.4 Å². The fourth-order valence-electron chi connectivity index (χ4n) is 3.62. The molecule has 172 valence electrons. The first kappa shape index (κ1) is 24.5. The third-order valence-corrected chi connectivity index (χ3v) is 6.38. The zero-order valence-corrected chi connectivity index (χ0v) is 21.2.